The van der Waals surface area contributed by atoms with E-state index >= 15 is 0 Å². The molecule has 1 N–H and O–H groups in total. The van der Waals surface area contributed by atoms with E-state index in [2.05, 4.69) is 17.1 Å². The highest BCUT2D eigenvalue weighted by Crippen LogP contribution is 2.29. The van der Waals surface area contributed by atoms with Gasteiger partial charge in [0.15, 0.2) is 0 Å². The van der Waals surface area contributed by atoms with Gasteiger partial charge in [-0.25, -0.2) is 0 Å². The van der Waals surface area contributed by atoms with Crippen molar-refractivity contribution in [3.05, 3.63) is 0 Å². The van der Waals surface area contributed by atoms with Crippen LogP contribution in [-0.4, -0.2) is 36.5 Å². The zero-order chi connectivity index (χ0) is 9.97. The summed E-state index contributed by atoms with van der Waals surface area (Å²) in [5.41, 5.74) is 0. The highest BCUT2D eigenvalue weighted by atomic mass is 16.2. The van der Waals surface area contributed by atoms with Crippen molar-refractivity contribution in [1.82, 2.24) is 10.2 Å². The van der Waals surface area contributed by atoms with Crippen LogP contribution >= 0.6 is 0 Å². The van der Waals surface area contributed by atoms with E-state index in [9.17, 15) is 4.79 Å². The molecule has 1 amide bonds. The van der Waals surface area contributed by atoms with Crippen LogP contribution in [0.2, 0.25) is 0 Å². The smallest absolute Gasteiger partial charge is 0.225 e. The molecule has 2 fully saturated rings. The Balaban J connectivity index is 1.95. The van der Waals surface area contributed by atoms with E-state index in [1.165, 1.54) is 6.42 Å². The highest BCUT2D eigenvalue weighted by molar-refractivity contribution is 5.79. The molecule has 2 aliphatic rings. The molecule has 0 aromatic heterocycles. The van der Waals surface area contributed by atoms with E-state index < -0.39 is 0 Å². The molecular weight excluding hydrogens is 176 g/mol. The molecule has 0 aromatic rings. The summed E-state index contributed by atoms with van der Waals surface area (Å²) in [6.45, 7) is 5.08. The van der Waals surface area contributed by atoms with Gasteiger partial charge in [-0.15, -0.1) is 0 Å². The van der Waals surface area contributed by atoms with Gasteiger partial charge < -0.3 is 10.2 Å². The minimum Gasteiger partial charge on any atom is -0.338 e. The average molecular weight is 196 g/mol. The Hall–Kier alpha value is -0.570. The van der Waals surface area contributed by atoms with Gasteiger partial charge in [0.1, 0.15) is 0 Å². The van der Waals surface area contributed by atoms with E-state index in [-0.39, 0.29) is 0 Å². The fraction of sp³-hybridized carbons (Fsp3) is 0.909. The van der Waals surface area contributed by atoms with Gasteiger partial charge in [0, 0.05) is 25.0 Å². The quantitative estimate of drug-likeness (QED) is 0.678. The lowest BCUT2D eigenvalue weighted by Crippen LogP contribution is -2.44. The van der Waals surface area contributed by atoms with Crippen LogP contribution in [0.3, 0.4) is 0 Å². The number of nitrogens with zero attached hydrogens (tertiary/aromatic N) is 1. The lowest BCUT2D eigenvalue weighted by atomic mass is 9.84. The second-order valence-electron chi connectivity index (χ2n) is 4.55. The molecule has 0 radical (unpaired) electrons. The Morgan fingerprint density at radius 1 is 1.29 bits per heavy atom. The van der Waals surface area contributed by atoms with Crippen LogP contribution in [-0.2, 0) is 4.79 Å². The van der Waals surface area contributed by atoms with E-state index in [1.54, 1.807) is 0 Å². The minimum absolute atomic E-state index is 0.357. The Labute approximate surface area is 85.8 Å². The maximum atomic E-state index is 12.0. The van der Waals surface area contributed by atoms with E-state index in [1.807, 2.05) is 0 Å². The highest BCUT2D eigenvalue weighted by Gasteiger charge is 2.31. The van der Waals surface area contributed by atoms with Crippen LogP contribution in [0.4, 0.5) is 0 Å². The van der Waals surface area contributed by atoms with Crippen LogP contribution in [0, 0.1) is 5.92 Å². The first-order valence-corrected chi connectivity index (χ1v) is 5.80. The maximum Gasteiger partial charge on any atom is 0.225 e. The van der Waals surface area contributed by atoms with Crippen molar-refractivity contribution in [3.63, 3.8) is 0 Å². The van der Waals surface area contributed by atoms with Gasteiger partial charge >= 0.3 is 0 Å². The molecule has 1 heterocycles. The van der Waals surface area contributed by atoms with Gasteiger partial charge in [0.25, 0.3) is 0 Å². The Morgan fingerprint density at radius 3 is 2.71 bits per heavy atom. The number of nitrogens with one attached hydrogen (secondary N) is 1. The Bertz CT molecular complexity index is 213. The summed E-state index contributed by atoms with van der Waals surface area (Å²) in [6.07, 6.45) is 4.58. The van der Waals surface area contributed by atoms with Crippen molar-refractivity contribution >= 4 is 5.91 Å². The molecule has 0 bridgehead atoms. The summed E-state index contributed by atoms with van der Waals surface area (Å²) in [6, 6.07) is 0.429. The number of amides is 1. The summed E-state index contributed by atoms with van der Waals surface area (Å²) in [7, 11) is 0. The van der Waals surface area contributed by atoms with Crippen molar-refractivity contribution in [2.45, 2.75) is 38.6 Å². The van der Waals surface area contributed by atoms with E-state index in [0.717, 1.165) is 38.9 Å². The third-order valence-electron chi connectivity index (χ3n) is 3.54. The topological polar surface area (TPSA) is 32.3 Å². The molecule has 1 aliphatic carbocycles. The standard InChI is InChI=1S/C11H20N2O/c1-9-5-6-12-7-8-13(9)11(14)10-3-2-4-10/h9-10,12H,2-8H2,1H3. The summed E-state index contributed by atoms with van der Waals surface area (Å²) in [4.78, 5) is 14.1. The third-order valence-corrected chi connectivity index (χ3v) is 3.54. The van der Waals surface area contributed by atoms with Crippen LogP contribution in [0.1, 0.15) is 32.6 Å². The molecule has 3 nitrogen and oxygen atoms in total. The van der Waals surface area contributed by atoms with E-state index in [4.69, 9.17) is 0 Å². The maximum absolute atomic E-state index is 12.0. The van der Waals surface area contributed by atoms with Crippen LogP contribution < -0.4 is 5.32 Å². The first kappa shape index (κ1) is 9.97. The van der Waals surface area contributed by atoms with Crippen LogP contribution in [0.15, 0.2) is 0 Å². The summed E-state index contributed by atoms with van der Waals surface area (Å²) in [5.74, 6) is 0.767. The molecule has 0 spiro atoms. The Kier molecular flexibility index (Phi) is 3.06. The summed E-state index contributed by atoms with van der Waals surface area (Å²) < 4.78 is 0. The van der Waals surface area contributed by atoms with Crippen molar-refractivity contribution in [2.24, 2.45) is 5.92 Å². The second-order valence-corrected chi connectivity index (χ2v) is 4.55. The first-order valence-electron chi connectivity index (χ1n) is 5.80. The number of carbonyl (C=O) groups is 1. The van der Waals surface area contributed by atoms with Crippen LogP contribution in [0.5, 0.6) is 0 Å². The van der Waals surface area contributed by atoms with Gasteiger partial charge in [-0.3, -0.25) is 4.79 Å². The van der Waals surface area contributed by atoms with Gasteiger partial charge in [-0.05, 0) is 32.7 Å². The molecular formula is C11H20N2O. The van der Waals surface area contributed by atoms with Gasteiger partial charge in [-0.2, -0.15) is 0 Å². The molecule has 14 heavy (non-hydrogen) atoms. The molecule has 1 aliphatic heterocycles. The number of hydrogen-bond donors (Lipinski definition) is 1. The van der Waals surface area contributed by atoms with Crippen molar-refractivity contribution in [1.29, 1.82) is 0 Å². The second kappa shape index (κ2) is 4.30. The fourth-order valence-corrected chi connectivity index (χ4v) is 2.23. The predicted molar refractivity (Wildman–Crippen MR) is 56.0 cm³/mol. The normalized spacial score (nSPS) is 29.5. The molecule has 1 atom stereocenters. The Morgan fingerprint density at radius 2 is 2.07 bits per heavy atom. The average Bonchev–Trinajstić information content (AvgIpc) is 2.26. The number of carbonyl (C=O) groups excluding carboxylic acids is 1. The van der Waals surface area contributed by atoms with Crippen molar-refractivity contribution < 1.29 is 4.79 Å². The molecule has 0 aromatic carbocycles. The number of rotatable bonds is 1. The molecule has 1 saturated heterocycles. The van der Waals surface area contributed by atoms with Gasteiger partial charge in [0.05, 0.1) is 0 Å². The van der Waals surface area contributed by atoms with Crippen LogP contribution in [0.25, 0.3) is 0 Å². The predicted octanol–water partition coefficient (Wildman–Crippen LogP) is 0.997. The molecule has 80 valence electrons. The van der Waals surface area contributed by atoms with Crippen molar-refractivity contribution in [2.75, 3.05) is 19.6 Å². The number of hydrogen-bond acceptors (Lipinski definition) is 2. The molecule has 1 saturated carbocycles. The monoisotopic (exact) mass is 196 g/mol. The lowest BCUT2D eigenvalue weighted by molar-refractivity contribution is -0.139. The van der Waals surface area contributed by atoms with Gasteiger partial charge in [0.2, 0.25) is 5.91 Å². The third kappa shape index (κ3) is 1.92. The molecule has 2 rings (SSSR count). The minimum atomic E-state index is 0.357. The lowest BCUT2D eigenvalue weighted by Gasteiger charge is -2.34. The summed E-state index contributed by atoms with van der Waals surface area (Å²) in [5, 5.41) is 3.34. The van der Waals surface area contributed by atoms with Gasteiger partial charge in [-0.1, -0.05) is 6.42 Å². The van der Waals surface area contributed by atoms with E-state index in [0.29, 0.717) is 17.9 Å². The van der Waals surface area contributed by atoms with Crippen molar-refractivity contribution in [3.8, 4) is 0 Å². The fourth-order valence-electron chi connectivity index (χ4n) is 2.23. The molecule has 1 unspecified atom stereocenters. The largest absolute Gasteiger partial charge is 0.338 e. The SMILES string of the molecule is CC1CCNCCN1C(=O)C1CCC1. The first-order chi connectivity index (χ1) is 6.79. The summed E-state index contributed by atoms with van der Waals surface area (Å²) >= 11 is 0. The zero-order valence-corrected chi connectivity index (χ0v) is 8.96. The zero-order valence-electron chi connectivity index (χ0n) is 8.96. The molecule has 3 heteroatoms.